The third-order valence-electron chi connectivity index (χ3n) is 4.16. The molecule has 2 aromatic carbocycles. The van der Waals surface area contributed by atoms with E-state index in [1.165, 1.54) is 29.2 Å². The first-order valence-electron chi connectivity index (χ1n) is 8.71. The van der Waals surface area contributed by atoms with E-state index in [4.69, 9.17) is 0 Å². The highest BCUT2D eigenvalue weighted by Gasteiger charge is 2.14. The largest absolute Gasteiger partial charge is 0.336 e. The fourth-order valence-electron chi connectivity index (χ4n) is 2.64. The second kappa shape index (κ2) is 8.75. The van der Waals surface area contributed by atoms with Gasteiger partial charge in [0.1, 0.15) is 5.82 Å². The molecule has 1 aromatic heterocycles. The van der Waals surface area contributed by atoms with Crippen molar-refractivity contribution in [3.63, 3.8) is 0 Å². The molecular weight excluding hydrogens is 377 g/mol. The molecular formula is C21H20FN3O2S. The Morgan fingerprint density at radius 2 is 1.79 bits per heavy atom. The van der Waals surface area contributed by atoms with Crippen LogP contribution in [0.25, 0.3) is 11.3 Å². The lowest BCUT2D eigenvalue weighted by Gasteiger charge is -2.17. The Kier molecular flexibility index (Phi) is 6.16. The fraction of sp³-hybridized carbons (Fsp3) is 0.190. The van der Waals surface area contributed by atoms with Gasteiger partial charge in [-0.1, -0.05) is 24.3 Å². The van der Waals surface area contributed by atoms with Crippen LogP contribution in [0.15, 0.2) is 53.9 Å². The third-order valence-corrected chi connectivity index (χ3v) is 4.93. The average molecular weight is 397 g/mol. The van der Waals surface area contributed by atoms with Gasteiger partial charge in [0, 0.05) is 23.7 Å². The van der Waals surface area contributed by atoms with Crippen LogP contribution < -0.4 is 5.32 Å². The third kappa shape index (κ3) is 5.23. The number of aromatic nitrogens is 1. The molecule has 3 rings (SSSR count). The fourth-order valence-corrected chi connectivity index (χ4v) is 3.26. The van der Waals surface area contributed by atoms with E-state index in [1.54, 1.807) is 18.4 Å². The molecule has 3 aromatic rings. The molecule has 0 spiro atoms. The van der Waals surface area contributed by atoms with Crippen LogP contribution in [0, 0.1) is 12.7 Å². The minimum atomic E-state index is -0.374. The van der Waals surface area contributed by atoms with Crippen molar-refractivity contribution in [2.45, 2.75) is 13.3 Å². The number of carbonyl (C=O) groups is 2. The molecule has 0 saturated carbocycles. The SMILES string of the molecule is Cc1nc(-c2ccc(CC(=O)N(C)CC(=O)Nc3ccc(F)cc3)cc2)cs1. The lowest BCUT2D eigenvalue weighted by Crippen LogP contribution is -2.35. The Morgan fingerprint density at radius 1 is 1.11 bits per heavy atom. The second-order valence-electron chi connectivity index (χ2n) is 6.43. The van der Waals surface area contributed by atoms with E-state index in [0.717, 1.165) is 21.8 Å². The van der Waals surface area contributed by atoms with E-state index in [2.05, 4.69) is 10.3 Å². The van der Waals surface area contributed by atoms with Gasteiger partial charge in [0.2, 0.25) is 11.8 Å². The number of hydrogen-bond donors (Lipinski definition) is 1. The molecule has 0 aliphatic carbocycles. The average Bonchev–Trinajstić information content (AvgIpc) is 3.10. The number of amides is 2. The summed E-state index contributed by atoms with van der Waals surface area (Å²) in [5, 5.41) is 5.65. The summed E-state index contributed by atoms with van der Waals surface area (Å²) in [7, 11) is 1.58. The van der Waals surface area contributed by atoms with Gasteiger partial charge in [-0.05, 0) is 36.8 Å². The monoisotopic (exact) mass is 397 g/mol. The summed E-state index contributed by atoms with van der Waals surface area (Å²) in [6, 6.07) is 13.2. The molecule has 1 N–H and O–H groups in total. The number of anilines is 1. The lowest BCUT2D eigenvalue weighted by molar-refractivity contribution is -0.132. The van der Waals surface area contributed by atoms with Crippen molar-refractivity contribution in [2.24, 2.45) is 0 Å². The topological polar surface area (TPSA) is 62.3 Å². The molecule has 0 radical (unpaired) electrons. The molecule has 5 nitrogen and oxygen atoms in total. The molecule has 0 bridgehead atoms. The van der Waals surface area contributed by atoms with Crippen LogP contribution in [-0.2, 0) is 16.0 Å². The number of aryl methyl sites for hydroxylation is 1. The Morgan fingerprint density at radius 3 is 2.39 bits per heavy atom. The Balaban J connectivity index is 1.53. The van der Waals surface area contributed by atoms with Crippen molar-refractivity contribution in [2.75, 3.05) is 18.9 Å². The number of likely N-dealkylation sites (N-methyl/N-ethyl adjacent to an activating group) is 1. The van der Waals surface area contributed by atoms with E-state index in [1.807, 2.05) is 36.6 Å². The molecule has 144 valence electrons. The van der Waals surface area contributed by atoms with E-state index in [0.29, 0.717) is 5.69 Å². The molecule has 0 fully saturated rings. The molecule has 0 saturated heterocycles. The van der Waals surface area contributed by atoms with Crippen LogP contribution in [0.5, 0.6) is 0 Å². The molecule has 28 heavy (non-hydrogen) atoms. The first-order chi connectivity index (χ1) is 13.4. The van der Waals surface area contributed by atoms with E-state index in [-0.39, 0.29) is 30.6 Å². The van der Waals surface area contributed by atoms with Crippen molar-refractivity contribution < 1.29 is 14.0 Å². The van der Waals surface area contributed by atoms with E-state index >= 15 is 0 Å². The van der Waals surface area contributed by atoms with Gasteiger partial charge < -0.3 is 10.2 Å². The van der Waals surface area contributed by atoms with Crippen LogP contribution in [0.2, 0.25) is 0 Å². The number of thiazole rings is 1. The summed E-state index contributed by atoms with van der Waals surface area (Å²) in [6.45, 7) is 1.88. The van der Waals surface area contributed by atoms with Gasteiger partial charge in [-0.15, -0.1) is 11.3 Å². The molecule has 0 unspecified atom stereocenters. The van der Waals surface area contributed by atoms with Gasteiger partial charge in [-0.2, -0.15) is 0 Å². The number of carbonyl (C=O) groups excluding carboxylic acids is 2. The summed E-state index contributed by atoms with van der Waals surface area (Å²) < 4.78 is 12.9. The van der Waals surface area contributed by atoms with Crippen molar-refractivity contribution in [1.82, 2.24) is 9.88 Å². The molecule has 7 heteroatoms. The summed E-state index contributed by atoms with van der Waals surface area (Å²) in [5.41, 5.74) is 3.29. The molecule has 0 aliphatic rings. The lowest BCUT2D eigenvalue weighted by atomic mass is 10.1. The standard InChI is InChI=1S/C21H20FN3O2S/c1-14-23-19(13-28-14)16-5-3-15(4-6-16)11-21(27)25(2)12-20(26)24-18-9-7-17(22)8-10-18/h3-10,13H,11-12H2,1-2H3,(H,24,26). The zero-order valence-corrected chi connectivity index (χ0v) is 16.4. The summed E-state index contributed by atoms with van der Waals surface area (Å²) in [4.78, 5) is 30.3. The molecule has 2 amide bonds. The Hall–Kier alpha value is -3.06. The van der Waals surface area contributed by atoms with Gasteiger partial charge in [-0.3, -0.25) is 9.59 Å². The quantitative estimate of drug-likeness (QED) is 0.686. The molecule has 0 aliphatic heterocycles. The molecule has 0 atom stereocenters. The van der Waals surface area contributed by atoms with Gasteiger partial charge in [0.15, 0.2) is 0 Å². The Bertz CT molecular complexity index is 968. The minimum Gasteiger partial charge on any atom is -0.336 e. The summed E-state index contributed by atoms with van der Waals surface area (Å²) in [5.74, 6) is -0.871. The van der Waals surface area contributed by atoms with Crippen LogP contribution in [0.3, 0.4) is 0 Å². The zero-order chi connectivity index (χ0) is 20.1. The van der Waals surface area contributed by atoms with Gasteiger partial charge in [0.25, 0.3) is 0 Å². The van der Waals surface area contributed by atoms with E-state index < -0.39 is 0 Å². The smallest absolute Gasteiger partial charge is 0.243 e. The van der Waals surface area contributed by atoms with E-state index in [9.17, 15) is 14.0 Å². The maximum absolute atomic E-state index is 12.9. The number of benzene rings is 2. The maximum atomic E-state index is 12.9. The number of halogens is 1. The predicted molar refractivity (Wildman–Crippen MR) is 109 cm³/mol. The predicted octanol–water partition coefficient (Wildman–Crippen LogP) is 3.90. The van der Waals surface area contributed by atoms with Crippen LogP contribution in [0.4, 0.5) is 10.1 Å². The van der Waals surface area contributed by atoms with Crippen molar-refractivity contribution >= 4 is 28.8 Å². The number of rotatable bonds is 6. The van der Waals surface area contributed by atoms with Crippen molar-refractivity contribution in [3.05, 3.63) is 70.3 Å². The first-order valence-corrected chi connectivity index (χ1v) is 9.59. The van der Waals surface area contributed by atoms with Gasteiger partial charge in [-0.25, -0.2) is 9.37 Å². The minimum absolute atomic E-state index is 0.0770. The number of hydrogen-bond acceptors (Lipinski definition) is 4. The number of nitrogens with one attached hydrogen (secondary N) is 1. The van der Waals surface area contributed by atoms with Gasteiger partial charge >= 0.3 is 0 Å². The zero-order valence-electron chi connectivity index (χ0n) is 15.6. The normalized spacial score (nSPS) is 10.5. The van der Waals surface area contributed by atoms with Crippen molar-refractivity contribution in [3.8, 4) is 11.3 Å². The first kappa shape index (κ1) is 19.7. The number of nitrogens with zero attached hydrogens (tertiary/aromatic N) is 2. The van der Waals surface area contributed by atoms with Crippen molar-refractivity contribution in [1.29, 1.82) is 0 Å². The van der Waals surface area contributed by atoms with Gasteiger partial charge in [0.05, 0.1) is 23.7 Å². The highest BCUT2D eigenvalue weighted by molar-refractivity contribution is 7.09. The summed E-state index contributed by atoms with van der Waals surface area (Å²) >= 11 is 1.60. The second-order valence-corrected chi connectivity index (χ2v) is 7.49. The summed E-state index contributed by atoms with van der Waals surface area (Å²) in [6.07, 6.45) is 0.205. The van der Waals surface area contributed by atoms with Crippen LogP contribution in [-0.4, -0.2) is 35.3 Å². The maximum Gasteiger partial charge on any atom is 0.243 e. The highest BCUT2D eigenvalue weighted by atomic mass is 32.1. The van der Waals surface area contributed by atoms with Crippen LogP contribution in [0.1, 0.15) is 10.6 Å². The highest BCUT2D eigenvalue weighted by Crippen LogP contribution is 2.22. The Labute approximate surface area is 166 Å². The molecule has 1 heterocycles. The van der Waals surface area contributed by atoms with Crippen LogP contribution >= 0.6 is 11.3 Å².